The van der Waals surface area contributed by atoms with Crippen molar-refractivity contribution in [2.24, 2.45) is 5.92 Å². The van der Waals surface area contributed by atoms with Gasteiger partial charge in [0.15, 0.2) is 0 Å². The van der Waals surface area contributed by atoms with Crippen molar-refractivity contribution in [3.05, 3.63) is 17.5 Å². The van der Waals surface area contributed by atoms with Crippen LogP contribution in [0.15, 0.2) is 10.6 Å². The predicted molar refractivity (Wildman–Crippen MR) is 59.6 cm³/mol. The van der Waals surface area contributed by atoms with E-state index in [1.54, 1.807) is 20.8 Å². The van der Waals surface area contributed by atoms with Gasteiger partial charge in [-0.3, -0.25) is 4.79 Å². The molecule has 1 rings (SSSR count). The van der Waals surface area contributed by atoms with Gasteiger partial charge in [0.2, 0.25) is 5.76 Å². The molecule has 1 atom stereocenters. The number of nitrogens with zero attached hydrogens (tertiary/aromatic N) is 1. The molecule has 0 saturated heterocycles. The van der Waals surface area contributed by atoms with E-state index in [1.165, 1.54) is 13.0 Å². The highest BCUT2D eigenvalue weighted by molar-refractivity contribution is 5.95. The molecule has 0 spiro atoms. The van der Waals surface area contributed by atoms with E-state index in [1.807, 2.05) is 0 Å². The first-order chi connectivity index (χ1) is 7.77. The molecule has 1 amide bonds. The van der Waals surface area contributed by atoms with Crippen molar-refractivity contribution in [1.29, 1.82) is 0 Å². The molecule has 1 aromatic heterocycles. The zero-order valence-corrected chi connectivity index (χ0v) is 10.3. The van der Waals surface area contributed by atoms with Crippen molar-refractivity contribution in [1.82, 2.24) is 10.5 Å². The predicted octanol–water partition coefficient (Wildman–Crippen LogP) is 1.21. The minimum absolute atomic E-state index is 0.00984. The Hall–Kier alpha value is -1.85. The third-order valence-corrected chi connectivity index (χ3v) is 2.82. The fraction of sp³-hybridized carbons (Fsp3) is 0.545. The van der Waals surface area contributed by atoms with Gasteiger partial charge in [0.1, 0.15) is 5.54 Å². The second-order valence-corrected chi connectivity index (χ2v) is 4.45. The van der Waals surface area contributed by atoms with Crippen LogP contribution in [0.5, 0.6) is 0 Å². The first kappa shape index (κ1) is 13.2. The highest BCUT2D eigenvalue weighted by Crippen LogP contribution is 2.17. The van der Waals surface area contributed by atoms with Crippen molar-refractivity contribution in [3.63, 3.8) is 0 Å². The van der Waals surface area contributed by atoms with Crippen LogP contribution in [0.3, 0.4) is 0 Å². The Kier molecular flexibility index (Phi) is 3.55. The summed E-state index contributed by atoms with van der Waals surface area (Å²) in [5.41, 5.74) is -0.769. The molecule has 0 aliphatic heterocycles. The molecule has 2 N–H and O–H groups in total. The SMILES string of the molecule is Cc1cc(C(=O)NC(C)(C(=O)O)C(C)C)on1. The Bertz CT molecular complexity index is 438. The Labute approximate surface area is 99.0 Å². The smallest absolute Gasteiger partial charge is 0.329 e. The number of rotatable bonds is 4. The van der Waals surface area contributed by atoms with Crippen LogP contribution < -0.4 is 5.32 Å². The maximum absolute atomic E-state index is 11.8. The number of amides is 1. The number of nitrogens with one attached hydrogen (secondary N) is 1. The van der Waals surface area contributed by atoms with E-state index in [9.17, 15) is 9.59 Å². The number of aromatic nitrogens is 1. The molecule has 94 valence electrons. The number of aliphatic carboxylic acids is 1. The molecular weight excluding hydrogens is 224 g/mol. The van der Waals surface area contributed by atoms with Gasteiger partial charge in [-0.15, -0.1) is 0 Å². The molecule has 0 fully saturated rings. The van der Waals surface area contributed by atoms with Gasteiger partial charge < -0.3 is 14.9 Å². The molecule has 1 aromatic rings. The summed E-state index contributed by atoms with van der Waals surface area (Å²) in [6.45, 7) is 6.58. The van der Waals surface area contributed by atoms with Crippen LogP contribution in [0, 0.1) is 12.8 Å². The third kappa shape index (κ3) is 2.64. The second-order valence-electron chi connectivity index (χ2n) is 4.45. The molecule has 0 aliphatic rings. The number of carbonyl (C=O) groups is 2. The molecule has 0 bridgehead atoms. The van der Waals surface area contributed by atoms with Crippen LogP contribution in [-0.4, -0.2) is 27.7 Å². The highest BCUT2D eigenvalue weighted by atomic mass is 16.5. The number of hydrogen-bond acceptors (Lipinski definition) is 4. The van der Waals surface area contributed by atoms with Crippen LogP contribution in [0.4, 0.5) is 0 Å². The van der Waals surface area contributed by atoms with E-state index in [4.69, 9.17) is 9.63 Å². The van der Waals surface area contributed by atoms with Crippen molar-refractivity contribution < 1.29 is 19.2 Å². The van der Waals surface area contributed by atoms with E-state index in [0.29, 0.717) is 5.69 Å². The standard InChI is InChI=1S/C11H16N2O4/c1-6(2)11(4,10(15)16)12-9(14)8-5-7(3)13-17-8/h5-6H,1-4H3,(H,12,14)(H,15,16). The fourth-order valence-electron chi connectivity index (χ4n) is 1.21. The summed E-state index contributed by atoms with van der Waals surface area (Å²) >= 11 is 0. The first-order valence-corrected chi connectivity index (χ1v) is 5.26. The minimum atomic E-state index is -1.34. The number of carbonyl (C=O) groups excluding carboxylic acids is 1. The van der Waals surface area contributed by atoms with Crippen molar-refractivity contribution in [3.8, 4) is 0 Å². The highest BCUT2D eigenvalue weighted by Gasteiger charge is 2.39. The summed E-state index contributed by atoms with van der Waals surface area (Å²) in [5.74, 6) is -1.91. The van der Waals surface area contributed by atoms with Gasteiger partial charge >= 0.3 is 5.97 Å². The van der Waals surface area contributed by atoms with Gasteiger partial charge in [-0.2, -0.15) is 0 Å². The lowest BCUT2D eigenvalue weighted by molar-refractivity contribution is -0.145. The lowest BCUT2D eigenvalue weighted by Gasteiger charge is -2.29. The quantitative estimate of drug-likeness (QED) is 0.825. The van der Waals surface area contributed by atoms with E-state index in [-0.39, 0.29) is 11.7 Å². The summed E-state index contributed by atoms with van der Waals surface area (Å²) in [5, 5.41) is 15.2. The second kappa shape index (κ2) is 4.57. The molecule has 0 aliphatic carbocycles. The monoisotopic (exact) mass is 240 g/mol. The van der Waals surface area contributed by atoms with E-state index >= 15 is 0 Å². The van der Waals surface area contributed by atoms with E-state index < -0.39 is 17.4 Å². The summed E-state index contributed by atoms with van der Waals surface area (Å²) in [6.07, 6.45) is 0. The molecule has 6 heteroatoms. The minimum Gasteiger partial charge on any atom is -0.480 e. The topological polar surface area (TPSA) is 92.4 Å². The summed E-state index contributed by atoms with van der Waals surface area (Å²) in [7, 11) is 0. The summed E-state index contributed by atoms with van der Waals surface area (Å²) < 4.78 is 4.78. The molecular formula is C11H16N2O4. The normalized spacial score (nSPS) is 14.4. The average Bonchev–Trinajstić information content (AvgIpc) is 2.64. The van der Waals surface area contributed by atoms with Gasteiger partial charge in [-0.05, 0) is 19.8 Å². The van der Waals surface area contributed by atoms with Crippen LogP contribution in [0.25, 0.3) is 0 Å². The molecule has 6 nitrogen and oxygen atoms in total. The zero-order chi connectivity index (χ0) is 13.2. The van der Waals surface area contributed by atoms with Crippen molar-refractivity contribution >= 4 is 11.9 Å². The fourth-order valence-corrected chi connectivity index (χ4v) is 1.21. The van der Waals surface area contributed by atoms with Crippen LogP contribution in [0.1, 0.15) is 37.0 Å². The maximum Gasteiger partial charge on any atom is 0.329 e. The maximum atomic E-state index is 11.8. The molecule has 0 saturated carbocycles. The van der Waals surface area contributed by atoms with E-state index in [0.717, 1.165) is 0 Å². The van der Waals surface area contributed by atoms with Crippen molar-refractivity contribution in [2.45, 2.75) is 33.2 Å². The number of carboxylic acid groups (broad SMARTS) is 1. The lowest BCUT2D eigenvalue weighted by atomic mass is 9.88. The molecule has 1 heterocycles. The molecule has 0 aromatic carbocycles. The Balaban J connectivity index is 2.89. The van der Waals surface area contributed by atoms with Crippen LogP contribution in [-0.2, 0) is 4.79 Å². The van der Waals surface area contributed by atoms with E-state index in [2.05, 4.69) is 10.5 Å². The molecule has 17 heavy (non-hydrogen) atoms. The number of aryl methyl sites for hydroxylation is 1. The summed E-state index contributed by atoms with van der Waals surface area (Å²) in [4.78, 5) is 22.9. The Morgan fingerprint density at radius 2 is 2.12 bits per heavy atom. The van der Waals surface area contributed by atoms with Gasteiger partial charge in [0.05, 0.1) is 5.69 Å². The Morgan fingerprint density at radius 3 is 2.47 bits per heavy atom. The lowest BCUT2D eigenvalue weighted by Crippen LogP contribution is -2.55. The Morgan fingerprint density at radius 1 is 1.53 bits per heavy atom. The van der Waals surface area contributed by atoms with Gasteiger partial charge in [0.25, 0.3) is 5.91 Å². The van der Waals surface area contributed by atoms with Gasteiger partial charge in [0, 0.05) is 6.07 Å². The van der Waals surface area contributed by atoms with Crippen LogP contribution in [0.2, 0.25) is 0 Å². The molecule has 1 unspecified atom stereocenters. The average molecular weight is 240 g/mol. The largest absolute Gasteiger partial charge is 0.480 e. The zero-order valence-electron chi connectivity index (χ0n) is 10.3. The summed E-state index contributed by atoms with van der Waals surface area (Å²) in [6, 6.07) is 1.46. The number of carboxylic acids is 1. The number of hydrogen-bond donors (Lipinski definition) is 2. The van der Waals surface area contributed by atoms with Gasteiger partial charge in [-0.1, -0.05) is 19.0 Å². The third-order valence-electron chi connectivity index (χ3n) is 2.82. The van der Waals surface area contributed by atoms with Gasteiger partial charge in [-0.25, -0.2) is 4.79 Å². The van der Waals surface area contributed by atoms with Crippen LogP contribution >= 0.6 is 0 Å². The van der Waals surface area contributed by atoms with Crippen molar-refractivity contribution in [2.75, 3.05) is 0 Å². The first-order valence-electron chi connectivity index (χ1n) is 5.26. The molecule has 0 radical (unpaired) electrons.